The molecular formula is C34H39N3O5. The zero-order valence-corrected chi connectivity index (χ0v) is 24.0. The summed E-state index contributed by atoms with van der Waals surface area (Å²) in [5.74, 6) is -2.02. The first-order valence-electron chi connectivity index (χ1n) is 14.8. The summed E-state index contributed by atoms with van der Waals surface area (Å²) in [4.78, 5) is 40.5. The van der Waals surface area contributed by atoms with Crippen molar-refractivity contribution in [3.8, 4) is 11.1 Å². The van der Waals surface area contributed by atoms with Gasteiger partial charge in [-0.15, -0.1) is 0 Å². The Kier molecular flexibility index (Phi) is 9.54. The van der Waals surface area contributed by atoms with Gasteiger partial charge in [-0.25, -0.2) is 9.59 Å². The molecule has 0 radical (unpaired) electrons. The second-order valence-electron chi connectivity index (χ2n) is 11.4. The number of carbonyl (C=O) groups excluding carboxylic acids is 2. The summed E-state index contributed by atoms with van der Waals surface area (Å²) < 4.78 is 5.76. The Balaban J connectivity index is 1.20. The first kappa shape index (κ1) is 29.3. The van der Waals surface area contributed by atoms with E-state index in [4.69, 9.17) is 4.74 Å². The van der Waals surface area contributed by atoms with Crippen LogP contribution in [0.3, 0.4) is 0 Å². The number of hydrogen-bond donors (Lipinski definition) is 3. The number of carboxylic acid groups (broad SMARTS) is 1. The molecule has 8 nitrogen and oxygen atoms in total. The van der Waals surface area contributed by atoms with Gasteiger partial charge in [0.25, 0.3) is 0 Å². The highest BCUT2D eigenvalue weighted by molar-refractivity contribution is 5.86. The van der Waals surface area contributed by atoms with Crippen molar-refractivity contribution in [2.45, 2.75) is 56.7 Å². The van der Waals surface area contributed by atoms with Gasteiger partial charge in [0.05, 0.1) is 5.92 Å². The lowest BCUT2D eigenvalue weighted by molar-refractivity contribution is -0.143. The highest BCUT2D eigenvalue weighted by Gasteiger charge is 2.35. The van der Waals surface area contributed by atoms with E-state index in [1.54, 1.807) is 0 Å². The molecule has 3 aromatic rings. The molecule has 3 aromatic carbocycles. The van der Waals surface area contributed by atoms with E-state index in [0.29, 0.717) is 19.4 Å². The molecule has 5 rings (SSSR count). The molecule has 3 N–H and O–H groups in total. The molecule has 1 fully saturated rings. The summed E-state index contributed by atoms with van der Waals surface area (Å²) in [7, 11) is 1.84. The zero-order chi connectivity index (χ0) is 29.5. The number of alkyl carbamates (subject to hydrolysis) is 1. The van der Waals surface area contributed by atoms with Crippen molar-refractivity contribution < 1.29 is 24.2 Å². The molecule has 220 valence electrons. The lowest BCUT2D eigenvalue weighted by Gasteiger charge is -2.28. The van der Waals surface area contributed by atoms with Crippen molar-refractivity contribution in [2.24, 2.45) is 5.92 Å². The van der Waals surface area contributed by atoms with Crippen molar-refractivity contribution in [2.75, 3.05) is 20.2 Å². The number of amides is 2. The van der Waals surface area contributed by atoms with E-state index < -0.39 is 30.1 Å². The number of fused-ring (bicyclic) bond motifs is 3. The number of carbonyl (C=O) groups is 3. The van der Waals surface area contributed by atoms with Crippen molar-refractivity contribution in [1.82, 2.24) is 15.5 Å². The second kappa shape index (κ2) is 13.7. The number of aliphatic carboxylic acids is 1. The van der Waals surface area contributed by atoms with E-state index in [2.05, 4.69) is 34.9 Å². The van der Waals surface area contributed by atoms with Gasteiger partial charge in [-0.2, -0.15) is 0 Å². The SMILES string of the molecule is CN(Cc1ccccc1)CC(NC(=O)[C@H]1CCCCC[C@H]1NC(=O)OCC1c2ccccc2-c2ccccc21)C(=O)O. The van der Waals surface area contributed by atoms with Gasteiger partial charge in [0, 0.05) is 25.0 Å². The molecule has 0 aliphatic heterocycles. The molecule has 42 heavy (non-hydrogen) atoms. The van der Waals surface area contributed by atoms with Crippen LogP contribution in [0, 0.1) is 5.92 Å². The van der Waals surface area contributed by atoms with Crippen LogP contribution in [-0.2, 0) is 20.9 Å². The number of hydrogen-bond acceptors (Lipinski definition) is 5. The van der Waals surface area contributed by atoms with E-state index in [1.807, 2.05) is 66.5 Å². The predicted molar refractivity (Wildman–Crippen MR) is 161 cm³/mol. The molecule has 2 aliphatic rings. The zero-order valence-electron chi connectivity index (χ0n) is 24.0. The van der Waals surface area contributed by atoms with Crippen molar-refractivity contribution in [3.63, 3.8) is 0 Å². The van der Waals surface area contributed by atoms with Crippen LogP contribution in [0.25, 0.3) is 11.1 Å². The van der Waals surface area contributed by atoms with Crippen LogP contribution in [0.15, 0.2) is 78.9 Å². The van der Waals surface area contributed by atoms with Gasteiger partial charge < -0.3 is 20.5 Å². The third-order valence-corrected chi connectivity index (χ3v) is 8.40. The van der Waals surface area contributed by atoms with E-state index in [1.165, 1.54) is 0 Å². The summed E-state index contributed by atoms with van der Waals surface area (Å²) in [5.41, 5.74) is 5.65. The fraction of sp³-hybridized carbons (Fsp3) is 0.382. The lowest BCUT2D eigenvalue weighted by atomic mass is 9.93. The van der Waals surface area contributed by atoms with E-state index in [9.17, 15) is 19.5 Å². The Morgan fingerprint density at radius 1 is 0.881 bits per heavy atom. The van der Waals surface area contributed by atoms with Crippen molar-refractivity contribution in [3.05, 3.63) is 95.6 Å². The standard InChI is InChI=1S/C34H39N3O5/c1-37(20-23-12-4-2-5-13-23)21-31(33(39)40)35-32(38)28-18-6-3-7-19-30(28)36-34(41)42-22-29-26-16-10-8-14-24(26)25-15-9-11-17-27(25)29/h2,4-5,8-17,28-31H,3,6-7,18-22H2,1H3,(H,35,38)(H,36,41)(H,39,40)/t28-,30+,31?/m0/s1. The van der Waals surface area contributed by atoms with Gasteiger partial charge in [-0.3, -0.25) is 9.69 Å². The van der Waals surface area contributed by atoms with E-state index in [-0.39, 0.29) is 25.0 Å². The summed E-state index contributed by atoms with van der Waals surface area (Å²) in [6, 6.07) is 24.6. The third-order valence-electron chi connectivity index (χ3n) is 8.40. The lowest BCUT2D eigenvalue weighted by Crippen LogP contribution is -2.53. The fourth-order valence-corrected chi connectivity index (χ4v) is 6.32. The van der Waals surface area contributed by atoms with Crippen LogP contribution in [0.1, 0.15) is 54.7 Å². The highest BCUT2D eigenvalue weighted by atomic mass is 16.5. The van der Waals surface area contributed by atoms with Gasteiger partial charge >= 0.3 is 12.1 Å². The Bertz CT molecular complexity index is 1350. The molecule has 2 aliphatic carbocycles. The van der Waals surface area contributed by atoms with Crippen molar-refractivity contribution >= 4 is 18.0 Å². The van der Waals surface area contributed by atoms with Gasteiger partial charge in [-0.05, 0) is 47.7 Å². The van der Waals surface area contributed by atoms with Crippen LogP contribution in [0.4, 0.5) is 4.79 Å². The van der Waals surface area contributed by atoms with Crippen LogP contribution in [0.5, 0.6) is 0 Å². The van der Waals surface area contributed by atoms with Crippen LogP contribution in [-0.4, -0.2) is 60.3 Å². The van der Waals surface area contributed by atoms with Crippen LogP contribution < -0.4 is 10.6 Å². The molecule has 1 unspecified atom stereocenters. The number of nitrogens with zero attached hydrogens (tertiary/aromatic N) is 1. The molecule has 0 spiro atoms. The minimum Gasteiger partial charge on any atom is -0.480 e. The average molecular weight is 570 g/mol. The minimum atomic E-state index is -1.09. The van der Waals surface area contributed by atoms with E-state index >= 15 is 0 Å². The number of benzene rings is 3. The average Bonchev–Trinajstić information content (AvgIpc) is 3.12. The highest BCUT2D eigenvalue weighted by Crippen LogP contribution is 2.44. The topological polar surface area (TPSA) is 108 Å². The molecular weight excluding hydrogens is 530 g/mol. The van der Waals surface area contributed by atoms with Crippen LogP contribution in [0.2, 0.25) is 0 Å². The van der Waals surface area contributed by atoms with Crippen LogP contribution >= 0.6 is 0 Å². The van der Waals surface area contributed by atoms with Gasteiger partial charge in [-0.1, -0.05) is 98.1 Å². The Hall–Kier alpha value is -4.17. The fourth-order valence-electron chi connectivity index (χ4n) is 6.32. The van der Waals surface area contributed by atoms with E-state index in [0.717, 1.165) is 47.1 Å². The Labute approximate surface area is 247 Å². The largest absolute Gasteiger partial charge is 0.480 e. The second-order valence-corrected chi connectivity index (χ2v) is 11.4. The summed E-state index contributed by atoms with van der Waals surface area (Å²) in [6.45, 7) is 0.918. The molecule has 2 amide bonds. The molecule has 8 heteroatoms. The minimum absolute atomic E-state index is 0.0550. The maximum atomic E-state index is 13.5. The number of rotatable bonds is 10. The van der Waals surface area contributed by atoms with Gasteiger partial charge in [0.1, 0.15) is 12.6 Å². The smallest absolute Gasteiger partial charge is 0.407 e. The summed E-state index contributed by atoms with van der Waals surface area (Å²) in [6.07, 6.45) is 3.32. The number of nitrogens with one attached hydrogen (secondary N) is 2. The normalized spacial score (nSPS) is 18.8. The van der Waals surface area contributed by atoms with Gasteiger partial charge in [0.2, 0.25) is 5.91 Å². The number of ether oxygens (including phenoxy) is 1. The molecule has 3 atom stereocenters. The quantitative estimate of drug-likeness (QED) is 0.291. The molecule has 0 heterocycles. The predicted octanol–water partition coefficient (Wildman–Crippen LogP) is 5.18. The molecule has 1 saturated carbocycles. The first-order valence-corrected chi connectivity index (χ1v) is 14.8. The number of likely N-dealkylation sites (N-methyl/N-ethyl adjacent to an activating group) is 1. The van der Waals surface area contributed by atoms with Crippen molar-refractivity contribution in [1.29, 1.82) is 0 Å². The molecule has 0 bridgehead atoms. The molecule has 0 saturated heterocycles. The first-order chi connectivity index (χ1) is 20.4. The monoisotopic (exact) mass is 569 g/mol. The summed E-state index contributed by atoms with van der Waals surface area (Å²) >= 11 is 0. The Morgan fingerprint density at radius 2 is 1.50 bits per heavy atom. The Morgan fingerprint density at radius 3 is 2.17 bits per heavy atom. The third kappa shape index (κ3) is 6.99. The molecule has 0 aromatic heterocycles. The number of carboxylic acids is 1. The summed E-state index contributed by atoms with van der Waals surface area (Å²) in [5, 5.41) is 15.6. The maximum absolute atomic E-state index is 13.5. The maximum Gasteiger partial charge on any atom is 0.407 e. The van der Waals surface area contributed by atoms with Gasteiger partial charge in [0.15, 0.2) is 0 Å².